The molecule has 0 heterocycles. The summed E-state index contributed by atoms with van der Waals surface area (Å²) in [5.74, 6) is -1.17. The molecule has 7 heteroatoms. The molecule has 264 valence electrons. The van der Waals surface area contributed by atoms with Crippen molar-refractivity contribution in [2.45, 2.75) is 226 Å². The molecule has 0 spiro atoms. The molecular formula is C38H73O6Tl. The molecule has 0 fully saturated rings. The van der Waals surface area contributed by atoms with Crippen LogP contribution in [0.5, 0.6) is 0 Å². The van der Waals surface area contributed by atoms with Crippen molar-refractivity contribution in [1.29, 1.82) is 0 Å². The average molecular weight is 830 g/mol. The molecule has 0 aliphatic rings. The zero-order valence-corrected chi connectivity index (χ0v) is 34.6. The first-order valence-electron chi connectivity index (χ1n) is 19.6. The van der Waals surface area contributed by atoms with E-state index in [9.17, 15) is 14.4 Å². The minimum atomic E-state index is -4.17. The van der Waals surface area contributed by atoms with Crippen LogP contribution in [0.2, 0.25) is 0 Å². The second kappa shape index (κ2) is 36.2. The van der Waals surface area contributed by atoms with Gasteiger partial charge in [-0.1, -0.05) is 52.4 Å². The number of unbranched alkanes of at least 4 members (excludes halogenated alkanes) is 26. The fourth-order valence-corrected chi connectivity index (χ4v) is 10.1. The van der Waals surface area contributed by atoms with Crippen LogP contribution in [0.4, 0.5) is 0 Å². The van der Waals surface area contributed by atoms with E-state index >= 15 is 0 Å². The summed E-state index contributed by atoms with van der Waals surface area (Å²) < 4.78 is 16.6. The van der Waals surface area contributed by atoms with Crippen LogP contribution in [-0.4, -0.2) is 42.0 Å². The van der Waals surface area contributed by atoms with Crippen molar-refractivity contribution in [3.63, 3.8) is 0 Å². The zero-order valence-electron chi connectivity index (χ0n) is 30.2. The molecule has 6 nitrogen and oxygen atoms in total. The minimum absolute atomic E-state index is 0.285. The molecule has 0 aromatic carbocycles. The molecule has 0 bridgehead atoms. The molecule has 0 N–H and O–H groups in total. The Balaban J connectivity index is 4.23. The predicted molar refractivity (Wildman–Crippen MR) is 189 cm³/mol. The standard InChI is InChI=1S/C16H32O2.C14H28O2.C8H16O2.Tl/c1-2-3-4-5-6-7-8-9-10-11-12-13-14-15-16(17)18;1-2-3-4-5-6-7-8-9-10-11-12-13-14(15)16;1-2-3-4-5-6-7-8(9)10;/h2-15H2,1H3,(H,17,18);2-13H2,1H3,(H,15,16);2-7H2,1H3,(H,9,10);/q;;;+3/p-3. The predicted octanol–water partition coefficient (Wildman–Crippen LogP) is 12.1. The monoisotopic (exact) mass is 831 g/mol. The van der Waals surface area contributed by atoms with Crippen molar-refractivity contribution in [3.8, 4) is 0 Å². The van der Waals surface area contributed by atoms with Crippen LogP contribution in [0.3, 0.4) is 0 Å². The summed E-state index contributed by atoms with van der Waals surface area (Å²) >= 11 is -4.17. The van der Waals surface area contributed by atoms with E-state index in [0.29, 0.717) is 12.8 Å². The molecule has 0 radical (unpaired) electrons. The van der Waals surface area contributed by atoms with Gasteiger partial charge in [0.1, 0.15) is 0 Å². The van der Waals surface area contributed by atoms with Crippen molar-refractivity contribution < 1.29 is 22.4 Å². The Kier molecular flexibility index (Phi) is 35.6. The summed E-state index contributed by atoms with van der Waals surface area (Å²) in [4.78, 5) is 37.5. The number of hydrogen-bond donors (Lipinski definition) is 0. The second-order valence-electron chi connectivity index (χ2n) is 13.2. The Morgan fingerprint density at radius 2 is 0.489 bits per heavy atom. The van der Waals surface area contributed by atoms with Gasteiger partial charge in [0, 0.05) is 0 Å². The Bertz CT molecular complexity index is 671. The first-order valence-corrected chi connectivity index (χ1v) is 25.1. The van der Waals surface area contributed by atoms with Crippen LogP contribution in [0.1, 0.15) is 226 Å². The van der Waals surface area contributed by atoms with Gasteiger partial charge in [-0.3, -0.25) is 0 Å². The van der Waals surface area contributed by atoms with Crippen LogP contribution in [0.15, 0.2) is 0 Å². The maximum atomic E-state index is 12.6. The molecule has 0 aromatic rings. The summed E-state index contributed by atoms with van der Waals surface area (Å²) in [7, 11) is 0. The normalized spacial score (nSPS) is 11.0. The third-order valence-electron chi connectivity index (χ3n) is 8.64. The van der Waals surface area contributed by atoms with Gasteiger partial charge in [0.2, 0.25) is 0 Å². The van der Waals surface area contributed by atoms with E-state index in [1.54, 1.807) is 0 Å². The van der Waals surface area contributed by atoms with Gasteiger partial charge < -0.3 is 0 Å². The maximum absolute atomic E-state index is 12.6. The number of hydrogen-bond acceptors (Lipinski definition) is 6. The van der Waals surface area contributed by atoms with Gasteiger partial charge in [-0.2, -0.15) is 0 Å². The van der Waals surface area contributed by atoms with Crippen molar-refractivity contribution in [2.75, 3.05) is 0 Å². The summed E-state index contributed by atoms with van der Waals surface area (Å²) in [6.07, 6.45) is 35.5. The fourth-order valence-electron chi connectivity index (χ4n) is 5.66. The number of rotatable bonds is 35. The van der Waals surface area contributed by atoms with Gasteiger partial charge in [-0.15, -0.1) is 0 Å². The Morgan fingerprint density at radius 3 is 0.689 bits per heavy atom. The summed E-state index contributed by atoms with van der Waals surface area (Å²) in [5.41, 5.74) is 0. The number of carbonyl (C=O) groups is 3. The van der Waals surface area contributed by atoms with E-state index in [-0.39, 0.29) is 18.4 Å². The topological polar surface area (TPSA) is 78.9 Å². The first-order chi connectivity index (χ1) is 22.0. The Hall–Kier alpha value is -0.668. The van der Waals surface area contributed by atoms with E-state index < -0.39 is 30.0 Å². The van der Waals surface area contributed by atoms with Gasteiger partial charge >= 0.3 is 238 Å². The zero-order chi connectivity index (χ0) is 33.1. The molecule has 0 atom stereocenters. The number of carbonyl (C=O) groups excluding carboxylic acids is 3. The quantitative estimate of drug-likeness (QED) is 0.0468. The van der Waals surface area contributed by atoms with E-state index in [4.69, 9.17) is 8.06 Å². The van der Waals surface area contributed by atoms with Crippen molar-refractivity contribution in [2.24, 2.45) is 0 Å². The summed E-state index contributed by atoms with van der Waals surface area (Å²) in [6, 6.07) is 0. The molecule has 0 aromatic heterocycles. The smallest absolute Gasteiger partial charge is 0.0654 e. The second-order valence-corrected chi connectivity index (χ2v) is 18.2. The van der Waals surface area contributed by atoms with Gasteiger partial charge in [-0.05, 0) is 0 Å². The molecule has 0 saturated carbocycles. The Morgan fingerprint density at radius 1 is 0.311 bits per heavy atom. The Labute approximate surface area is 289 Å². The van der Waals surface area contributed by atoms with E-state index in [2.05, 4.69) is 20.8 Å². The fraction of sp³-hybridized carbons (Fsp3) is 0.921. The van der Waals surface area contributed by atoms with Crippen molar-refractivity contribution >= 4 is 42.0 Å². The molecule has 45 heavy (non-hydrogen) atoms. The van der Waals surface area contributed by atoms with Gasteiger partial charge in [-0.25, -0.2) is 0 Å². The van der Waals surface area contributed by atoms with Crippen LogP contribution >= 0.6 is 0 Å². The summed E-state index contributed by atoms with van der Waals surface area (Å²) in [5, 5.41) is 0. The molecule has 0 rings (SSSR count). The van der Waals surface area contributed by atoms with Crippen LogP contribution in [-0.2, 0) is 22.4 Å². The molecule has 0 saturated heterocycles. The molecular weight excluding hydrogens is 757 g/mol. The van der Waals surface area contributed by atoms with Crippen molar-refractivity contribution in [1.82, 2.24) is 0 Å². The SMILES string of the molecule is CCCCCCCCCCCCCCCC(=O)[O][Tl]([O]C(=O)CCCCCCC)[O]C(=O)CCCCCCCCCCCCC. The third-order valence-corrected chi connectivity index (χ3v) is 13.9. The van der Waals surface area contributed by atoms with Gasteiger partial charge in [0.15, 0.2) is 0 Å². The molecule has 0 unspecified atom stereocenters. The van der Waals surface area contributed by atoms with Crippen LogP contribution in [0, 0.1) is 0 Å². The molecule has 0 aliphatic heterocycles. The molecule has 0 aliphatic carbocycles. The minimum Gasteiger partial charge on any atom is -0.0654 e. The van der Waals surface area contributed by atoms with E-state index in [1.165, 1.54) is 116 Å². The first kappa shape index (κ1) is 44.3. The van der Waals surface area contributed by atoms with E-state index in [0.717, 1.165) is 70.6 Å². The van der Waals surface area contributed by atoms with Gasteiger partial charge in [0.25, 0.3) is 0 Å². The van der Waals surface area contributed by atoms with Crippen molar-refractivity contribution in [3.05, 3.63) is 0 Å². The van der Waals surface area contributed by atoms with E-state index in [1.807, 2.05) is 0 Å². The average Bonchev–Trinajstić information content (AvgIpc) is 3.02. The van der Waals surface area contributed by atoms with Crippen LogP contribution in [0.25, 0.3) is 0 Å². The molecule has 0 amide bonds. The van der Waals surface area contributed by atoms with Gasteiger partial charge in [0.05, 0.1) is 0 Å². The summed E-state index contributed by atoms with van der Waals surface area (Å²) in [6.45, 7) is 6.66. The van der Waals surface area contributed by atoms with Crippen LogP contribution < -0.4 is 0 Å². The third kappa shape index (κ3) is 34.5.